The van der Waals surface area contributed by atoms with Gasteiger partial charge in [-0.05, 0) is 49.6 Å². The van der Waals surface area contributed by atoms with Crippen molar-refractivity contribution in [2.24, 2.45) is 5.73 Å². The maximum atomic E-state index is 5.98. The summed E-state index contributed by atoms with van der Waals surface area (Å²) in [4.78, 5) is 0. The van der Waals surface area contributed by atoms with Crippen molar-refractivity contribution in [3.63, 3.8) is 0 Å². The van der Waals surface area contributed by atoms with E-state index in [1.54, 1.807) is 0 Å². The van der Waals surface area contributed by atoms with Gasteiger partial charge in [0.25, 0.3) is 0 Å². The van der Waals surface area contributed by atoms with E-state index in [9.17, 15) is 0 Å². The second-order valence-corrected chi connectivity index (χ2v) is 4.76. The summed E-state index contributed by atoms with van der Waals surface area (Å²) in [6, 6.07) is 6.12. The molecule has 16 heavy (non-hydrogen) atoms. The number of hydrogen-bond acceptors (Lipinski definition) is 2. The minimum atomic E-state index is 0.303. The molecular formula is C13H20BrNO. The van der Waals surface area contributed by atoms with Crippen molar-refractivity contribution in [1.82, 2.24) is 0 Å². The first-order chi connectivity index (χ1) is 7.71. The van der Waals surface area contributed by atoms with Gasteiger partial charge in [-0.2, -0.15) is 0 Å². The number of ether oxygens (including phenoxy) is 1. The van der Waals surface area contributed by atoms with Crippen molar-refractivity contribution < 1.29 is 4.74 Å². The van der Waals surface area contributed by atoms with Crippen LogP contribution in [0.25, 0.3) is 0 Å². The average molecular weight is 286 g/mol. The van der Waals surface area contributed by atoms with Gasteiger partial charge in [0.1, 0.15) is 5.75 Å². The topological polar surface area (TPSA) is 35.2 Å². The zero-order valence-electron chi connectivity index (χ0n) is 10.0. The lowest BCUT2D eigenvalue weighted by Gasteiger charge is -2.18. The smallest absolute Gasteiger partial charge is 0.123 e. The highest BCUT2D eigenvalue weighted by Gasteiger charge is 2.09. The number of nitrogens with two attached hydrogens (primary N) is 1. The monoisotopic (exact) mass is 285 g/mol. The first-order valence-corrected chi connectivity index (χ1v) is 6.65. The molecule has 0 radical (unpaired) electrons. The van der Waals surface area contributed by atoms with Crippen LogP contribution in [-0.2, 0) is 6.42 Å². The predicted molar refractivity (Wildman–Crippen MR) is 71.9 cm³/mol. The number of halogens is 1. The van der Waals surface area contributed by atoms with E-state index in [0.29, 0.717) is 12.6 Å². The molecule has 0 aliphatic carbocycles. The summed E-state index contributed by atoms with van der Waals surface area (Å²) in [6.07, 6.45) is 3.23. The molecule has 0 aliphatic heterocycles. The molecule has 0 atom stereocenters. The molecule has 0 unspecified atom stereocenters. The van der Waals surface area contributed by atoms with Crippen LogP contribution in [0, 0.1) is 0 Å². The van der Waals surface area contributed by atoms with Crippen molar-refractivity contribution in [2.75, 3.05) is 6.54 Å². The van der Waals surface area contributed by atoms with E-state index in [1.807, 2.05) is 12.1 Å². The molecule has 1 rings (SSSR count). The maximum Gasteiger partial charge on any atom is 0.123 e. The SMILES string of the molecule is CCC(CC)Oc1ccc(Br)cc1CCN. The van der Waals surface area contributed by atoms with Crippen LogP contribution < -0.4 is 10.5 Å². The van der Waals surface area contributed by atoms with Gasteiger partial charge in [-0.1, -0.05) is 29.8 Å². The number of benzene rings is 1. The normalized spacial score (nSPS) is 10.8. The molecule has 3 heteroatoms. The minimum absolute atomic E-state index is 0.303. The summed E-state index contributed by atoms with van der Waals surface area (Å²) in [7, 11) is 0. The van der Waals surface area contributed by atoms with Gasteiger partial charge in [0.2, 0.25) is 0 Å². The molecule has 2 N–H and O–H groups in total. The number of rotatable bonds is 6. The van der Waals surface area contributed by atoms with Gasteiger partial charge in [-0.3, -0.25) is 0 Å². The molecule has 0 amide bonds. The lowest BCUT2D eigenvalue weighted by Crippen LogP contribution is -2.15. The second kappa shape index (κ2) is 6.92. The summed E-state index contributed by atoms with van der Waals surface area (Å²) >= 11 is 3.47. The van der Waals surface area contributed by atoms with Crippen molar-refractivity contribution in [3.05, 3.63) is 28.2 Å². The van der Waals surface area contributed by atoms with Crippen molar-refractivity contribution in [1.29, 1.82) is 0 Å². The Kier molecular flexibility index (Phi) is 5.85. The molecule has 0 spiro atoms. The van der Waals surface area contributed by atoms with E-state index in [-0.39, 0.29) is 0 Å². The molecule has 0 saturated carbocycles. The quantitative estimate of drug-likeness (QED) is 0.868. The Morgan fingerprint density at radius 1 is 1.31 bits per heavy atom. The van der Waals surface area contributed by atoms with E-state index in [4.69, 9.17) is 10.5 Å². The predicted octanol–water partition coefficient (Wildman–Crippen LogP) is 3.52. The third kappa shape index (κ3) is 3.80. The minimum Gasteiger partial charge on any atom is -0.490 e. The third-order valence-electron chi connectivity index (χ3n) is 2.64. The summed E-state index contributed by atoms with van der Waals surface area (Å²) < 4.78 is 7.05. The fourth-order valence-corrected chi connectivity index (χ4v) is 2.06. The van der Waals surface area contributed by atoms with E-state index < -0.39 is 0 Å². The molecule has 0 heterocycles. The molecule has 1 aromatic carbocycles. The zero-order valence-corrected chi connectivity index (χ0v) is 11.6. The standard InChI is InChI=1S/C13H20BrNO/c1-3-12(4-2)16-13-6-5-11(14)9-10(13)7-8-15/h5-6,9,12H,3-4,7-8,15H2,1-2H3. The first-order valence-electron chi connectivity index (χ1n) is 5.86. The van der Waals surface area contributed by atoms with Gasteiger partial charge in [0.15, 0.2) is 0 Å². The summed E-state index contributed by atoms with van der Waals surface area (Å²) in [5, 5.41) is 0. The summed E-state index contributed by atoms with van der Waals surface area (Å²) in [5.41, 5.74) is 6.79. The molecular weight excluding hydrogens is 266 g/mol. The van der Waals surface area contributed by atoms with Crippen molar-refractivity contribution >= 4 is 15.9 Å². The summed E-state index contributed by atoms with van der Waals surface area (Å²) in [5.74, 6) is 0.974. The fraction of sp³-hybridized carbons (Fsp3) is 0.538. The van der Waals surface area contributed by atoms with Gasteiger partial charge in [0.05, 0.1) is 6.10 Å². The zero-order chi connectivity index (χ0) is 12.0. The van der Waals surface area contributed by atoms with Crippen molar-refractivity contribution in [3.8, 4) is 5.75 Å². The molecule has 0 fully saturated rings. The van der Waals surface area contributed by atoms with Crippen LogP contribution in [0.3, 0.4) is 0 Å². The lowest BCUT2D eigenvalue weighted by molar-refractivity contribution is 0.191. The lowest BCUT2D eigenvalue weighted by atomic mass is 10.1. The molecule has 1 aromatic rings. The Bertz CT molecular complexity index is 324. The van der Waals surface area contributed by atoms with Gasteiger partial charge in [-0.15, -0.1) is 0 Å². The highest BCUT2D eigenvalue weighted by Crippen LogP contribution is 2.25. The van der Waals surface area contributed by atoms with Crippen LogP contribution in [0.4, 0.5) is 0 Å². The Labute approximate surface area is 106 Å². The Hall–Kier alpha value is -0.540. The Balaban J connectivity index is 2.84. The first kappa shape index (κ1) is 13.5. The highest BCUT2D eigenvalue weighted by atomic mass is 79.9. The Morgan fingerprint density at radius 3 is 2.56 bits per heavy atom. The van der Waals surface area contributed by atoms with E-state index >= 15 is 0 Å². The van der Waals surface area contributed by atoms with Crippen LogP contribution in [0.1, 0.15) is 32.3 Å². The molecule has 0 bridgehead atoms. The van der Waals surface area contributed by atoms with Crippen LogP contribution >= 0.6 is 15.9 Å². The van der Waals surface area contributed by atoms with Crippen LogP contribution in [0.2, 0.25) is 0 Å². The largest absolute Gasteiger partial charge is 0.490 e. The molecule has 0 aromatic heterocycles. The van der Waals surface area contributed by atoms with E-state index in [2.05, 4.69) is 35.8 Å². The van der Waals surface area contributed by atoms with Gasteiger partial charge in [0, 0.05) is 4.47 Å². The van der Waals surface area contributed by atoms with Crippen molar-refractivity contribution in [2.45, 2.75) is 39.2 Å². The fourth-order valence-electron chi connectivity index (χ4n) is 1.65. The van der Waals surface area contributed by atoms with E-state index in [1.165, 1.54) is 5.56 Å². The number of hydrogen-bond donors (Lipinski definition) is 1. The molecule has 2 nitrogen and oxygen atoms in total. The molecule has 0 aliphatic rings. The maximum absolute atomic E-state index is 5.98. The Morgan fingerprint density at radius 2 is 2.00 bits per heavy atom. The second-order valence-electron chi connectivity index (χ2n) is 3.85. The van der Waals surface area contributed by atoms with Gasteiger partial charge >= 0.3 is 0 Å². The highest BCUT2D eigenvalue weighted by molar-refractivity contribution is 9.10. The van der Waals surface area contributed by atoms with Gasteiger partial charge < -0.3 is 10.5 Å². The van der Waals surface area contributed by atoms with E-state index in [0.717, 1.165) is 29.5 Å². The van der Waals surface area contributed by atoms with Crippen LogP contribution in [0.15, 0.2) is 22.7 Å². The average Bonchev–Trinajstić information content (AvgIpc) is 2.29. The molecule has 90 valence electrons. The van der Waals surface area contributed by atoms with Crippen LogP contribution in [-0.4, -0.2) is 12.6 Å². The van der Waals surface area contributed by atoms with Gasteiger partial charge in [-0.25, -0.2) is 0 Å². The molecule has 0 saturated heterocycles. The summed E-state index contributed by atoms with van der Waals surface area (Å²) in [6.45, 7) is 4.95. The van der Waals surface area contributed by atoms with Crippen LogP contribution in [0.5, 0.6) is 5.75 Å². The third-order valence-corrected chi connectivity index (χ3v) is 3.13.